The molecule has 0 unspecified atom stereocenters. The second-order valence-corrected chi connectivity index (χ2v) is 8.10. The van der Waals surface area contributed by atoms with Crippen LogP contribution in [0.2, 0.25) is 0 Å². The highest BCUT2D eigenvalue weighted by atomic mass is 16.6. The maximum atomic E-state index is 12.7. The minimum Gasteiger partial charge on any atom is -0.445 e. The van der Waals surface area contributed by atoms with Crippen molar-refractivity contribution >= 4 is 12.2 Å². The van der Waals surface area contributed by atoms with E-state index in [0.29, 0.717) is 6.54 Å². The second-order valence-electron chi connectivity index (χ2n) is 8.10. The standard InChI is InChI=1S/C21H28N2O4/c1-5-17-18-12-11-16(23(18)20(25)27-21(2,3)4)13-22(17)19(24)26-14-15-9-7-6-8-10-15/h5-10,16-18H,1,11-14H2,2-4H3/t16-,17-,18+/m1/s1. The highest BCUT2D eigenvalue weighted by Gasteiger charge is 2.50. The Morgan fingerprint density at radius 3 is 2.52 bits per heavy atom. The van der Waals surface area contributed by atoms with Gasteiger partial charge in [-0.25, -0.2) is 9.59 Å². The third-order valence-corrected chi connectivity index (χ3v) is 4.99. The van der Waals surface area contributed by atoms with E-state index in [1.807, 2.05) is 51.1 Å². The van der Waals surface area contributed by atoms with Gasteiger partial charge in [0.05, 0.1) is 18.1 Å². The molecule has 0 spiro atoms. The predicted molar refractivity (Wildman–Crippen MR) is 102 cm³/mol. The number of amides is 2. The molecule has 2 heterocycles. The second kappa shape index (κ2) is 7.62. The largest absolute Gasteiger partial charge is 0.445 e. The van der Waals surface area contributed by atoms with E-state index >= 15 is 0 Å². The molecule has 2 aliphatic rings. The molecule has 0 aliphatic carbocycles. The summed E-state index contributed by atoms with van der Waals surface area (Å²) in [5, 5.41) is 0. The number of likely N-dealkylation sites (tertiary alicyclic amines) is 1. The third kappa shape index (κ3) is 4.26. The highest BCUT2D eigenvalue weighted by molar-refractivity contribution is 5.73. The fourth-order valence-corrected chi connectivity index (χ4v) is 3.87. The Balaban J connectivity index is 1.68. The molecule has 146 valence electrons. The topological polar surface area (TPSA) is 59.1 Å². The van der Waals surface area contributed by atoms with Crippen LogP contribution in [-0.2, 0) is 16.1 Å². The van der Waals surface area contributed by atoms with E-state index in [0.717, 1.165) is 18.4 Å². The Hall–Kier alpha value is -2.50. The fraction of sp³-hybridized carbons (Fsp3) is 0.524. The lowest BCUT2D eigenvalue weighted by atomic mass is 10.0. The molecule has 2 fully saturated rings. The monoisotopic (exact) mass is 372 g/mol. The van der Waals surface area contributed by atoms with Crippen LogP contribution in [0, 0.1) is 0 Å². The maximum Gasteiger partial charge on any atom is 0.410 e. The van der Waals surface area contributed by atoms with E-state index in [4.69, 9.17) is 9.47 Å². The molecule has 3 atom stereocenters. The van der Waals surface area contributed by atoms with Crippen LogP contribution < -0.4 is 0 Å². The first kappa shape index (κ1) is 19.3. The molecule has 6 heteroatoms. The first-order chi connectivity index (χ1) is 12.8. The zero-order chi connectivity index (χ0) is 19.6. The van der Waals surface area contributed by atoms with Crippen molar-refractivity contribution in [3.05, 3.63) is 48.6 Å². The Kier molecular flexibility index (Phi) is 5.44. The van der Waals surface area contributed by atoms with Crippen LogP contribution in [0.4, 0.5) is 9.59 Å². The van der Waals surface area contributed by atoms with Crippen molar-refractivity contribution in [1.82, 2.24) is 9.80 Å². The van der Waals surface area contributed by atoms with E-state index in [2.05, 4.69) is 6.58 Å². The van der Waals surface area contributed by atoms with Crippen LogP contribution >= 0.6 is 0 Å². The molecule has 6 nitrogen and oxygen atoms in total. The van der Waals surface area contributed by atoms with Crippen LogP contribution in [0.25, 0.3) is 0 Å². The first-order valence-electron chi connectivity index (χ1n) is 9.41. The van der Waals surface area contributed by atoms with Crippen molar-refractivity contribution in [2.24, 2.45) is 0 Å². The van der Waals surface area contributed by atoms with Gasteiger partial charge < -0.3 is 9.47 Å². The summed E-state index contributed by atoms with van der Waals surface area (Å²) < 4.78 is 11.1. The van der Waals surface area contributed by atoms with Gasteiger partial charge in [0.2, 0.25) is 0 Å². The molecule has 1 aromatic rings. The number of hydrogen-bond acceptors (Lipinski definition) is 4. The van der Waals surface area contributed by atoms with Crippen LogP contribution in [-0.4, -0.2) is 52.3 Å². The van der Waals surface area contributed by atoms with E-state index in [9.17, 15) is 9.59 Å². The van der Waals surface area contributed by atoms with Gasteiger partial charge in [-0.15, -0.1) is 6.58 Å². The zero-order valence-electron chi connectivity index (χ0n) is 16.3. The lowest BCUT2D eigenvalue weighted by molar-refractivity contribution is -0.0156. The summed E-state index contributed by atoms with van der Waals surface area (Å²) in [6.07, 6.45) is 2.70. The Morgan fingerprint density at radius 2 is 1.89 bits per heavy atom. The van der Waals surface area contributed by atoms with Gasteiger partial charge >= 0.3 is 12.2 Å². The quantitative estimate of drug-likeness (QED) is 0.754. The van der Waals surface area contributed by atoms with Gasteiger partial charge in [0.25, 0.3) is 0 Å². The fourth-order valence-electron chi connectivity index (χ4n) is 3.87. The van der Waals surface area contributed by atoms with E-state index in [1.54, 1.807) is 15.9 Å². The summed E-state index contributed by atoms with van der Waals surface area (Å²) in [6, 6.07) is 9.13. The Morgan fingerprint density at radius 1 is 1.19 bits per heavy atom. The third-order valence-electron chi connectivity index (χ3n) is 4.99. The SMILES string of the molecule is C=C[C@@H]1[C@@H]2CC[C@H](CN1C(=O)OCc1ccccc1)N2C(=O)OC(C)(C)C. The molecule has 2 bridgehead atoms. The molecule has 27 heavy (non-hydrogen) atoms. The molecule has 0 N–H and O–H groups in total. The smallest absolute Gasteiger partial charge is 0.410 e. The summed E-state index contributed by atoms with van der Waals surface area (Å²) >= 11 is 0. The van der Waals surface area contributed by atoms with Gasteiger partial charge in [0.15, 0.2) is 0 Å². The van der Waals surface area contributed by atoms with E-state index < -0.39 is 5.60 Å². The van der Waals surface area contributed by atoms with Crippen LogP contribution in [0.5, 0.6) is 0 Å². The minimum atomic E-state index is -0.550. The van der Waals surface area contributed by atoms with Crippen molar-refractivity contribution in [2.45, 2.75) is 63.9 Å². The number of nitrogens with zero attached hydrogens (tertiary/aromatic N) is 2. The van der Waals surface area contributed by atoms with Crippen molar-refractivity contribution in [3.63, 3.8) is 0 Å². The van der Waals surface area contributed by atoms with Crippen LogP contribution in [0.3, 0.4) is 0 Å². The number of ether oxygens (including phenoxy) is 2. The van der Waals surface area contributed by atoms with Crippen molar-refractivity contribution in [3.8, 4) is 0 Å². The van der Waals surface area contributed by atoms with Crippen molar-refractivity contribution in [1.29, 1.82) is 0 Å². The number of fused-ring (bicyclic) bond motifs is 2. The number of rotatable bonds is 3. The van der Waals surface area contributed by atoms with E-state index in [-0.39, 0.29) is 36.9 Å². The summed E-state index contributed by atoms with van der Waals surface area (Å²) in [6.45, 7) is 10.1. The van der Waals surface area contributed by atoms with Gasteiger partial charge in [-0.2, -0.15) is 0 Å². The Labute approximate surface area is 160 Å². The number of carbonyl (C=O) groups is 2. The summed E-state index contributed by atoms with van der Waals surface area (Å²) in [5.41, 5.74) is 0.391. The molecule has 1 aromatic carbocycles. The zero-order valence-corrected chi connectivity index (χ0v) is 16.3. The van der Waals surface area contributed by atoms with Crippen LogP contribution in [0.1, 0.15) is 39.2 Å². The molecular formula is C21H28N2O4. The van der Waals surface area contributed by atoms with Gasteiger partial charge in [-0.1, -0.05) is 36.4 Å². The van der Waals surface area contributed by atoms with Gasteiger partial charge in [-0.05, 0) is 39.2 Å². The number of piperazine rings is 1. The molecule has 0 aromatic heterocycles. The number of benzene rings is 1. The van der Waals surface area contributed by atoms with Gasteiger partial charge in [-0.3, -0.25) is 9.80 Å². The highest BCUT2D eigenvalue weighted by Crippen LogP contribution is 2.36. The average Bonchev–Trinajstić information content (AvgIpc) is 2.94. The molecule has 2 aliphatic heterocycles. The van der Waals surface area contributed by atoms with Crippen molar-refractivity contribution in [2.75, 3.05) is 6.54 Å². The van der Waals surface area contributed by atoms with Crippen molar-refractivity contribution < 1.29 is 19.1 Å². The Bertz CT molecular complexity index is 698. The summed E-state index contributed by atoms with van der Waals surface area (Å²) in [7, 11) is 0. The predicted octanol–water partition coefficient (Wildman–Crippen LogP) is 3.96. The molecule has 2 amide bonds. The van der Waals surface area contributed by atoms with E-state index in [1.165, 1.54) is 0 Å². The minimum absolute atomic E-state index is 0.0506. The first-order valence-corrected chi connectivity index (χ1v) is 9.41. The lowest BCUT2D eigenvalue weighted by Gasteiger charge is -2.45. The molecule has 0 radical (unpaired) electrons. The van der Waals surface area contributed by atoms with Crippen LogP contribution in [0.15, 0.2) is 43.0 Å². The number of carbonyl (C=O) groups excluding carboxylic acids is 2. The molecule has 2 saturated heterocycles. The van der Waals surface area contributed by atoms with Gasteiger partial charge in [0, 0.05) is 6.54 Å². The average molecular weight is 372 g/mol. The molecule has 3 rings (SSSR count). The van der Waals surface area contributed by atoms with Gasteiger partial charge in [0.1, 0.15) is 12.2 Å². The number of hydrogen-bond donors (Lipinski definition) is 0. The maximum absolute atomic E-state index is 12.7. The molecular weight excluding hydrogens is 344 g/mol. The normalized spacial score (nSPS) is 24.5. The summed E-state index contributed by atoms with van der Waals surface area (Å²) in [5.74, 6) is 0. The molecule has 0 saturated carbocycles. The lowest BCUT2D eigenvalue weighted by Crippen LogP contribution is -2.62. The summed E-state index contributed by atoms with van der Waals surface area (Å²) in [4.78, 5) is 28.8.